The summed E-state index contributed by atoms with van der Waals surface area (Å²) in [5.41, 5.74) is 1.46. The Morgan fingerprint density at radius 2 is 1.66 bits per heavy atom. The van der Waals surface area contributed by atoms with E-state index >= 15 is 0 Å². The highest BCUT2D eigenvalue weighted by Crippen LogP contribution is 2.29. The number of urea groups is 1. The van der Waals surface area contributed by atoms with Crippen LogP contribution in [0.25, 0.3) is 0 Å². The van der Waals surface area contributed by atoms with E-state index in [1.165, 1.54) is 0 Å². The minimum Gasteiger partial charge on any atom is -0.326 e. The molecule has 1 atom stereocenters. The Kier molecular flexibility index (Phi) is 7.08. The number of Topliss-reactive ketones (excluding diaryl/α,β-unsaturated/α-hetero) is 1. The standard InChI is InChI=1S/C25H29N3O4/c1-4-5-6-7-22(30)26-20-14-10-18(11-15-20)21(29)16-28-23(31)25(3,27-24(28)32)19-12-8-17(2)9-13-19/h8-15H,4-7,16H2,1-3H3,(H,26,30)(H,27,32). The summed E-state index contributed by atoms with van der Waals surface area (Å²) in [4.78, 5) is 51.1. The molecule has 32 heavy (non-hydrogen) atoms. The van der Waals surface area contributed by atoms with Crippen molar-refractivity contribution in [1.29, 1.82) is 0 Å². The fraction of sp³-hybridized carbons (Fsp3) is 0.360. The van der Waals surface area contributed by atoms with E-state index in [0.717, 1.165) is 29.7 Å². The van der Waals surface area contributed by atoms with Crippen molar-refractivity contribution in [2.45, 2.75) is 52.0 Å². The molecule has 2 aromatic rings. The summed E-state index contributed by atoms with van der Waals surface area (Å²) in [6, 6.07) is 13.2. The van der Waals surface area contributed by atoms with Gasteiger partial charge in [0.05, 0.1) is 6.54 Å². The average Bonchev–Trinajstić information content (AvgIpc) is 2.98. The third-order valence-electron chi connectivity index (χ3n) is 5.70. The smallest absolute Gasteiger partial charge is 0.325 e. The number of ketones is 1. The molecule has 7 heteroatoms. The molecule has 4 amide bonds. The molecule has 0 aliphatic carbocycles. The lowest BCUT2D eigenvalue weighted by Crippen LogP contribution is -2.41. The number of nitrogens with zero attached hydrogens (tertiary/aromatic N) is 1. The van der Waals surface area contributed by atoms with Crippen molar-refractivity contribution in [3.05, 3.63) is 65.2 Å². The Balaban J connectivity index is 1.64. The van der Waals surface area contributed by atoms with Crippen LogP contribution in [0.2, 0.25) is 0 Å². The summed E-state index contributed by atoms with van der Waals surface area (Å²) >= 11 is 0. The van der Waals surface area contributed by atoms with E-state index in [1.54, 1.807) is 43.3 Å². The lowest BCUT2D eigenvalue weighted by Gasteiger charge is -2.22. The van der Waals surface area contributed by atoms with Gasteiger partial charge in [0.1, 0.15) is 5.54 Å². The monoisotopic (exact) mass is 435 g/mol. The Morgan fingerprint density at radius 3 is 2.28 bits per heavy atom. The number of amides is 4. The molecule has 2 aromatic carbocycles. The van der Waals surface area contributed by atoms with Crippen molar-refractivity contribution >= 4 is 29.3 Å². The first kappa shape index (κ1) is 23.2. The van der Waals surface area contributed by atoms with Crippen molar-refractivity contribution in [3.8, 4) is 0 Å². The molecule has 1 aliphatic rings. The highest BCUT2D eigenvalue weighted by Gasteiger charge is 2.49. The zero-order valence-electron chi connectivity index (χ0n) is 18.7. The van der Waals surface area contributed by atoms with E-state index < -0.39 is 17.5 Å². The van der Waals surface area contributed by atoms with Gasteiger partial charge in [-0.1, -0.05) is 49.6 Å². The van der Waals surface area contributed by atoms with Gasteiger partial charge in [0.25, 0.3) is 5.91 Å². The molecule has 2 N–H and O–H groups in total. The quantitative estimate of drug-likeness (QED) is 0.351. The molecule has 168 valence electrons. The molecule has 1 fully saturated rings. The fourth-order valence-corrected chi connectivity index (χ4v) is 3.66. The van der Waals surface area contributed by atoms with Crippen molar-refractivity contribution in [2.75, 3.05) is 11.9 Å². The molecule has 1 saturated heterocycles. The molecule has 0 bridgehead atoms. The zero-order valence-corrected chi connectivity index (χ0v) is 18.7. The number of benzene rings is 2. The molecule has 0 radical (unpaired) electrons. The molecule has 0 saturated carbocycles. The first-order chi connectivity index (χ1) is 15.2. The highest BCUT2D eigenvalue weighted by molar-refractivity contribution is 6.11. The second-order valence-electron chi connectivity index (χ2n) is 8.32. The highest BCUT2D eigenvalue weighted by atomic mass is 16.2. The second kappa shape index (κ2) is 9.77. The van der Waals surface area contributed by atoms with E-state index in [4.69, 9.17) is 0 Å². The second-order valence-corrected chi connectivity index (χ2v) is 8.32. The van der Waals surface area contributed by atoms with Gasteiger partial charge < -0.3 is 10.6 Å². The van der Waals surface area contributed by atoms with Gasteiger partial charge in [-0.15, -0.1) is 0 Å². The van der Waals surface area contributed by atoms with Gasteiger partial charge in [-0.2, -0.15) is 0 Å². The fourth-order valence-electron chi connectivity index (χ4n) is 3.66. The number of rotatable bonds is 9. The molecule has 0 aromatic heterocycles. The lowest BCUT2D eigenvalue weighted by atomic mass is 9.91. The van der Waals surface area contributed by atoms with Crippen molar-refractivity contribution in [2.24, 2.45) is 0 Å². The zero-order chi connectivity index (χ0) is 23.3. The number of unbranched alkanes of at least 4 members (excludes halogenated alkanes) is 2. The number of hydrogen-bond acceptors (Lipinski definition) is 4. The largest absolute Gasteiger partial charge is 0.326 e. The minimum absolute atomic E-state index is 0.0627. The number of anilines is 1. The predicted octanol–water partition coefficient (Wildman–Crippen LogP) is 4.16. The van der Waals surface area contributed by atoms with Crippen LogP contribution >= 0.6 is 0 Å². The van der Waals surface area contributed by atoms with Crippen LogP contribution in [0.4, 0.5) is 10.5 Å². The van der Waals surface area contributed by atoms with E-state index in [2.05, 4.69) is 17.6 Å². The van der Waals surface area contributed by atoms with Crippen LogP contribution in [0.5, 0.6) is 0 Å². The summed E-state index contributed by atoms with van der Waals surface area (Å²) in [6.45, 7) is 5.31. The molecule has 7 nitrogen and oxygen atoms in total. The molecule has 1 aliphatic heterocycles. The number of nitrogens with one attached hydrogen (secondary N) is 2. The van der Waals surface area contributed by atoms with Crippen LogP contribution in [0.1, 0.15) is 61.0 Å². The summed E-state index contributed by atoms with van der Waals surface area (Å²) in [5, 5.41) is 5.52. The van der Waals surface area contributed by atoms with Crippen LogP contribution in [0.3, 0.4) is 0 Å². The molecular weight excluding hydrogens is 406 g/mol. The number of hydrogen-bond donors (Lipinski definition) is 2. The summed E-state index contributed by atoms with van der Waals surface area (Å²) in [6.07, 6.45) is 3.35. The summed E-state index contributed by atoms with van der Waals surface area (Å²) in [5.74, 6) is -0.884. The summed E-state index contributed by atoms with van der Waals surface area (Å²) < 4.78 is 0. The van der Waals surface area contributed by atoms with Gasteiger partial charge in [-0.25, -0.2) is 4.79 Å². The third kappa shape index (κ3) is 5.04. The minimum atomic E-state index is -1.21. The van der Waals surface area contributed by atoms with Crippen LogP contribution in [-0.2, 0) is 15.1 Å². The van der Waals surface area contributed by atoms with E-state index in [1.807, 2.05) is 19.1 Å². The SMILES string of the molecule is CCCCCC(=O)Nc1ccc(C(=O)CN2C(=O)NC(C)(c3ccc(C)cc3)C2=O)cc1. The van der Waals surface area contributed by atoms with Crippen LogP contribution in [-0.4, -0.2) is 35.1 Å². The Morgan fingerprint density at radius 1 is 1.00 bits per heavy atom. The van der Waals surface area contributed by atoms with Gasteiger partial charge in [-0.3, -0.25) is 19.3 Å². The number of carbonyl (C=O) groups is 4. The van der Waals surface area contributed by atoms with Gasteiger partial charge in [-0.05, 0) is 50.1 Å². The van der Waals surface area contributed by atoms with Crippen molar-refractivity contribution in [1.82, 2.24) is 10.2 Å². The maximum Gasteiger partial charge on any atom is 0.325 e. The van der Waals surface area contributed by atoms with Gasteiger partial charge in [0, 0.05) is 17.7 Å². The Bertz CT molecular complexity index is 1010. The normalized spacial score (nSPS) is 17.9. The summed E-state index contributed by atoms with van der Waals surface area (Å²) in [7, 11) is 0. The third-order valence-corrected chi connectivity index (χ3v) is 5.70. The average molecular weight is 436 g/mol. The van der Waals surface area contributed by atoms with E-state index in [-0.39, 0.29) is 18.2 Å². The first-order valence-electron chi connectivity index (χ1n) is 10.9. The van der Waals surface area contributed by atoms with E-state index in [9.17, 15) is 19.2 Å². The Labute approximate surface area is 188 Å². The van der Waals surface area contributed by atoms with E-state index in [0.29, 0.717) is 23.2 Å². The number of carbonyl (C=O) groups excluding carboxylic acids is 4. The van der Waals surface area contributed by atoms with Crippen molar-refractivity contribution in [3.63, 3.8) is 0 Å². The van der Waals surface area contributed by atoms with Gasteiger partial charge in [0.15, 0.2) is 5.78 Å². The molecule has 3 rings (SSSR count). The maximum absolute atomic E-state index is 13.0. The molecule has 0 spiro atoms. The predicted molar refractivity (Wildman–Crippen MR) is 122 cm³/mol. The van der Waals surface area contributed by atoms with Crippen LogP contribution in [0.15, 0.2) is 48.5 Å². The van der Waals surface area contributed by atoms with Crippen LogP contribution < -0.4 is 10.6 Å². The number of aryl methyl sites for hydroxylation is 1. The topological polar surface area (TPSA) is 95.6 Å². The molecule has 1 unspecified atom stereocenters. The lowest BCUT2D eigenvalue weighted by molar-refractivity contribution is -0.130. The van der Waals surface area contributed by atoms with Crippen LogP contribution in [0, 0.1) is 6.92 Å². The van der Waals surface area contributed by atoms with Gasteiger partial charge in [0.2, 0.25) is 5.91 Å². The molecule has 1 heterocycles. The molecular formula is C25H29N3O4. The Hall–Kier alpha value is -3.48. The van der Waals surface area contributed by atoms with Gasteiger partial charge >= 0.3 is 6.03 Å². The maximum atomic E-state index is 13.0. The first-order valence-corrected chi connectivity index (χ1v) is 10.9. The number of imide groups is 1. The van der Waals surface area contributed by atoms with Crippen molar-refractivity contribution < 1.29 is 19.2 Å².